The fraction of sp³-hybridized carbons (Fsp3) is 0.621. The molecule has 2 saturated carbocycles. The second kappa shape index (κ2) is 10.2. The molecule has 6 rings (SSSR count). The molecular formula is C29H35FN6O5. The Morgan fingerprint density at radius 2 is 1.90 bits per heavy atom. The fourth-order valence-electron chi connectivity index (χ4n) is 6.30. The van der Waals surface area contributed by atoms with Crippen molar-refractivity contribution in [3.8, 4) is 11.8 Å². The summed E-state index contributed by atoms with van der Waals surface area (Å²) in [7, 11) is 3.32. The van der Waals surface area contributed by atoms with Crippen molar-refractivity contribution in [1.29, 1.82) is 5.26 Å². The van der Waals surface area contributed by atoms with Crippen LogP contribution in [0.5, 0.6) is 5.75 Å². The summed E-state index contributed by atoms with van der Waals surface area (Å²) in [6, 6.07) is 3.25. The number of benzene rings is 1. The van der Waals surface area contributed by atoms with Crippen LogP contribution >= 0.6 is 0 Å². The van der Waals surface area contributed by atoms with Crippen molar-refractivity contribution in [3.63, 3.8) is 0 Å². The molecule has 4 fully saturated rings. The number of fused-ring (bicyclic) bond motifs is 1. The lowest BCUT2D eigenvalue weighted by atomic mass is 9.97. The summed E-state index contributed by atoms with van der Waals surface area (Å²) in [5.41, 5.74) is -1.23. The van der Waals surface area contributed by atoms with Gasteiger partial charge in [0.2, 0.25) is 17.4 Å². The minimum atomic E-state index is -1.55. The first-order valence-corrected chi connectivity index (χ1v) is 14.4. The van der Waals surface area contributed by atoms with Crippen LogP contribution in [0.3, 0.4) is 0 Å². The van der Waals surface area contributed by atoms with Gasteiger partial charge in [-0.1, -0.05) is 25.7 Å². The van der Waals surface area contributed by atoms with Gasteiger partial charge in [0.15, 0.2) is 0 Å². The number of likely N-dealkylation sites (N-methyl/N-ethyl adjacent to an activating group) is 2. The lowest BCUT2D eigenvalue weighted by Gasteiger charge is -2.37. The molecule has 0 radical (unpaired) electrons. The number of ether oxygens (including phenoxy) is 1. The van der Waals surface area contributed by atoms with Crippen LogP contribution in [0, 0.1) is 29.0 Å². The van der Waals surface area contributed by atoms with E-state index >= 15 is 0 Å². The maximum absolute atomic E-state index is 14.2. The van der Waals surface area contributed by atoms with Gasteiger partial charge in [-0.05, 0) is 36.8 Å². The van der Waals surface area contributed by atoms with Gasteiger partial charge in [-0.15, -0.1) is 0 Å². The van der Waals surface area contributed by atoms with Crippen molar-refractivity contribution in [2.24, 2.45) is 11.8 Å². The molecule has 11 nitrogen and oxygen atoms in total. The van der Waals surface area contributed by atoms with Gasteiger partial charge in [-0.2, -0.15) is 5.26 Å². The third-order valence-corrected chi connectivity index (χ3v) is 9.19. The predicted molar refractivity (Wildman–Crippen MR) is 144 cm³/mol. The van der Waals surface area contributed by atoms with Crippen LogP contribution in [0.1, 0.15) is 44.9 Å². The number of carbonyl (C=O) groups excluding carboxylic acids is 4. The minimum absolute atomic E-state index is 0.0796. The van der Waals surface area contributed by atoms with Crippen LogP contribution in [0.2, 0.25) is 0 Å². The summed E-state index contributed by atoms with van der Waals surface area (Å²) >= 11 is 0. The van der Waals surface area contributed by atoms with E-state index in [1.54, 1.807) is 23.9 Å². The van der Waals surface area contributed by atoms with E-state index in [1.165, 1.54) is 28.0 Å². The quantitative estimate of drug-likeness (QED) is 0.514. The van der Waals surface area contributed by atoms with E-state index in [9.17, 15) is 28.8 Å². The smallest absolute Gasteiger partial charge is 0.320 e. The number of nitrogens with zero attached hydrogens (tertiary/aromatic N) is 5. The van der Waals surface area contributed by atoms with Crippen LogP contribution in [0.25, 0.3) is 0 Å². The maximum atomic E-state index is 14.2. The maximum Gasteiger partial charge on any atom is 0.320 e. The molecule has 5 aliphatic rings. The molecule has 3 aliphatic heterocycles. The number of halogens is 1. The fourth-order valence-corrected chi connectivity index (χ4v) is 6.30. The highest BCUT2D eigenvalue weighted by molar-refractivity contribution is 6.02. The monoisotopic (exact) mass is 566 g/mol. The van der Waals surface area contributed by atoms with Gasteiger partial charge in [-0.25, -0.2) is 9.18 Å². The highest BCUT2D eigenvalue weighted by Crippen LogP contribution is 2.42. The lowest BCUT2D eigenvalue weighted by molar-refractivity contribution is -0.148. The Morgan fingerprint density at radius 3 is 2.54 bits per heavy atom. The van der Waals surface area contributed by atoms with Crippen LogP contribution < -0.4 is 10.1 Å². The van der Waals surface area contributed by atoms with E-state index in [1.807, 2.05) is 0 Å². The van der Waals surface area contributed by atoms with E-state index in [0.717, 1.165) is 25.7 Å². The SMILES string of the molecule is CN1CCN(C(CC2CC2)C(=O)N(C)C(CC2CC2)C(=O)N2CC3(CC2C#N)Oc2cc(F)ccc2NC3=O)C1=O. The Bertz CT molecular complexity index is 1330. The van der Waals surface area contributed by atoms with Crippen LogP contribution in [-0.4, -0.2) is 101 Å². The average Bonchev–Trinajstić information content (AvgIpc) is 3.88. The molecule has 2 saturated heterocycles. The zero-order chi connectivity index (χ0) is 29.1. The number of hydrogen-bond donors (Lipinski definition) is 1. The number of rotatable bonds is 8. The summed E-state index contributed by atoms with van der Waals surface area (Å²) in [6.07, 6.45) is 4.86. The van der Waals surface area contributed by atoms with Crippen molar-refractivity contribution in [2.45, 2.75) is 68.7 Å². The molecule has 1 N–H and O–H groups in total. The van der Waals surface area contributed by atoms with Gasteiger partial charge in [0.1, 0.15) is 29.7 Å². The Morgan fingerprint density at radius 1 is 1.20 bits per heavy atom. The minimum Gasteiger partial charge on any atom is -0.473 e. The molecule has 41 heavy (non-hydrogen) atoms. The third-order valence-electron chi connectivity index (χ3n) is 9.19. The summed E-state index contributed by atoms with van der Waals surface area (Å²) < 4.78 is 20.0. The third kappa shape index (κ3) is 5.06. The molecule has 5 amide bonds. The van der Waals surface area contributed by atoms with Gasteiger partial charge < -0.3 is 29.7 Å². The molecule has 218 valence electrons. The molecule has 1 aromatic rings. The topological polar surface area (TPSA) is 126 Å². The van der Waals surface area contributed by atoms with E-state index in [4.69, 9.17) is 4.74 Å². The van der Waals surface area contributed by atoms with E-state index in [0.29, 0.717) is 37.5 Å². The lowest BCUT2D eigenvalue weighted by Crippen LogP contribution is -2.57. The molecular weight excluding hydrogens is 531 g/mol. The second-order valence-electron chi connectivity index (χ2n) is 12.2. The van der Waals surface area contributed by atoms with Gasteiger partial charge in [0, 0.05) is 39.7 Å². The Labute approximate surface area is 238 Å². The highest BCUT2D eigenvalue weighted by atomic mass is 19.1. The Hall–Kier alpha value is -3.88. The van der Waals surface area contributed by atoms with Crippen LogP contribution in [0.15, 0.2) is 18.2 Å². The van der Waals surface area contributed by atoms with Crippen LogP contribution in [0.4, 0.5) is 14.9 Å². The van der Waals surface area contributed by atoms with Crippen LogP contribution in [-0.2, 0) is 14.4 Å². The zero-order valence-corrected chi connectivity index (χ0v) is 23.3. The van der Waals surface area contributed by atoms with E-state index in [-0.39, 0.29) is 36.6 Å². The number of nitriles is 1. The zero-order valence-electron chi connectivity index (χ0n) is 23.3. The standard InChI is InChI=1S/C29H35FN6O5/c1-33-9-10-35(28(33)40)23(12-18-5-6-18)25(37)34(2)22(11-17-3-4-17)26(38)36-16-29(14-20(36)15-31)27(39)32-21-8-7-19(30)13-24(21)41-29/h7-8,13,17-18,20,22-23H,3-6,9-12,14,16H2,1-2H3,(H,32,39). The number of hydrogen-bond acceptors (Lipinski definition) is 6. The Kier molecular flexibility index (Phi) is 6.78. The molecule has 2 aliphatic carbocycles. The van der Waals surface area contributed by atoms with Crippen molar-refractivity contribution >= 4 is 29.4 Å². The van der Waals surface area contributed by atoms with Gasteiger partial charge in [0.25, 0.3) is 5.91 Å². The number of likely N-dealkylation sites (tertiary alicyclic amines) is 1. The molecule has 1 aromatic carbocycles. The van der Waals surface area contributed by atoms with Crippen molar-refractivity contribution in [2.75, 3.05) is 39.0 Å². The first-order chi connectivity index (χ1) is 19.6. The van der Waals surface area contributed by atoms with E-state index in [2.05, 4.69) is 11.4 Å². The van der Waals surface area contributed by atoms with E-state index < -0.39 is 41.4 Å². The highest BCUT2D eigenvalue weighted by Gasteiger charge is 2.56. The van der Waals surface area contributed by atoms with Crippen molar-refractivity contribution in [3.05, 3.63) is 24.0 Å². The van der Waals surface area contributed by atoms with Gasteiger partial charge in [-0.3, -0.25) is 14.4 Å². The van der Waals surface area contributed by atoms with Gasteiger partial charge >= 0.3 is 6.03 Å². The van der Waals surface area contributed by atoms with Gasteiger partial charge in [0.05, 0.1) is 18.3 Å². The number of urea groups is 1. The number of nitrogens with one attached hydrogen (secondary N) is 1. The van der Waals surface area contributed by atoms with Crippen molar-refractivity contribution < 1.29 is 28.3 Å². The summed E-state index contributed by atoms with van der Waals surface area (Å²) in [6.45, 7) is 0.791. The number of amides is 5. The summed E-state index contributed by atoms with van der Waals surface area (Å²) in [5, 5.41) is 12.8. The normalized spacial score (nSPS) is 26.8. The first kappa shape index (κ1) is 27.3. The summed E-state index contributed by atoms with van der Waals surface area (Å²) in [4.78, 5) is 60.3. The second-order valence-corrected chi connectivity index (χ2v) is 12.2. The molecule has 0 bridgehead atoms. The summed E-state index contributed by atoms with van der Waals surface area (Å²) in [5.74, 6) is -0.944. The molecule has 1 spiro atoms. The average molecular weight is 567 g/mol. The van der Waals surface area contributed by atoms with Crippen molar-refractivity contribution in [1.82, 2.24) is 19.6 Å². The Balaban J connectivity index is 1.25. The molecule has 3 heterocycles. The molecule has 4 unspecified atom stereocenters. The predicted octanol–water partition coefficient (Wildman–Crippen LogP) is 2.18. The first-order valence-electron chi connectivity index (χ1n) is 14.4. The molecule has 12 heteroatoms. The number of anilines is 1. The number of carbonyl (C=O) groups is 4. The largest absolute Gasteiger partial charge is 0.473 e. The molecule has 4 atom stereocenters. The molecule has 0 aromatic heterocycles.